The number of terminal acetylenes is 1. The van der Waals surface area contributed by atoms with E-state index < -0.39 is 0 Å². The van der Waals surface area contributed by atoms with Crippen LogP contribution in [0.2, 0.25) is 0 Å². The molecule has 0 bridgehead atoms. The Bertz CT molecular complexity index is 372. The molecule has 1 aromatic carbocycles. The first kappa shape index (κ1) is 14.8. The molecule has 2 atom stereocenters. The van der Waals surface area contributed by atoms with Gasteiger partial charge in [-0.25, -0.2) is 0 Å². The molecule has 0 spiro atoms. The fourth-order valence-corrected chi connectivity index (χ4v) is 2.11. The van der Waals surface area contributed by atoms with Crippen LogP contribution in [-0.2, 0) is 0 Å². The largest absolute Gasteiger partial charge is 0.297 e. The molecule has 0 aromatic heterocycles. The summed E-state index contributed by atoms with van der Waals surface area (Å²) >= 11 is 0. The van der Waals surface area contributed by atoms with Crippen molar-refractivity contribution >= 4 is 0 Å². The van der Waals surface area contributed by atoms with E-state index >= 15 is 0 Å². The lowest BCUT2D eigenvalue weighted by Gasteiger charge is -2.26. The normalized spacial score (nSPS) is 14.5. The van der Waals surface area contributed by atoms with Crippen molar-refractivity contribution in [3.63, 3.8) is 0 Å². The summed E-state index contributed by atoms with van der Waals surface area (Å²) in [7, 11) is 0. The van der Waals surface area contributed by atoms with Crippen molar-refractivity contribution in [2.45, 2.75) is 46.2 Å². The van der Waals surface area contributed by atoms with Gasteiger partial charge >= 0.3 is 0 Å². The van der Waals surface area contributed by atoms with Gasteiger partial charge < -0.3 is 0 Å². The predicted molar refractivity (Wildman–Crippen MR) is 79.2 cm³/mol. The van der Waals surface area contributed by atoms with Crippen molar-refractivity contribution in [2.24, 2.45) is 11.8 Å². The molecule has 0 saturated heterocycles. The minimum absolute atomic E-state index is 0.133. The fourth-order valence-electron chi connectivity index (χ4n) is 2.11. The molecule has 1 heteroatoms. The third kappa shape index (κ3) is 4.55. The Balaban J connectivity index is 2.83. The van der Waals surface area contributed by atoms with E-state index in [-0.39, 0.29) is 6.04 Å². The van der Waals surface area contributed by atoms with E-state index in [2.05, 4.69) is 69.3 Å². The quantitative estimate of drug-likeness (QED) is 0.744. The van der Waals surface area contributed by atoms with Gasteiger partial charge in [-0.3, -0.25) is 5.32 Å². The third-order valence-corrected chi connectivity index (χ3v) is 3.14. The van der Waals surface area contributed by atoms with Gasteiger partial charge in [0.2, 0.25) is 0 Å². The topological polar surface area (TPSA) is 12.0 Å². The van der Waals surface area contributed by atoms with Crippen LogP contribution in [0.3, 0.4) is 0 Å². The Morgan fingerprint density at radius 1 is 1.11 bits per heavy atom. The van der Waals surface area contributed by atoms with Gasteiger partial charge in [-0.05, 0) is 23.8 Å². The maximum absolute atomic E-state index is 5.62. The highest BCUT2D eigenvalue weighted by Gasteiger charge is 2.18. The van der Waals surface area contributed by atoms with Crippen LogP contribution in [0.25, 0.3) is 0 Å². The minimum atomic E-state index is 0.133. The summed E-state index contributed by atoms with van der Waals surface area (Å²) in [5.74, 6) is 3.96. The van der Waals surface area contributed by atoms with Crippen LogP contribution in [-0.4, -0.2) is 6.04 Å². The molecule has 0 aliphatic heterocycles. The maximum atomic E-state index is 5.62. The summed E-state index contributed by atoms with van der Waals surface area (Å²) in [6.45, 7) is 8.82. The van der Waals surface area contributed by atoms with Crippen molar-refractivity contribution in [1.82, 2.24) is 5.32 Å². The molecule has 0 saturated carbocycles. The highest BCUT2D eigenvalue weighted by atomic mass is 14.9. The minimum Gasteiger partial charge on any atom is -0.297 e. The van der Waals surface area contributed by atoms with E-state index in [9.17, 15) is 0 Å². The average molecular weight is 243 g/mol. The van der Waals surface area contributed by atoms with E-state index in [1.165, 1.54) is 5.56 Å². The lowest BCUT2D eigenvalue weighted by atomic mass is 9.94. The van der Waals surface area contributed by atoms with Gasteiger partial charge in [0.15, 0.2) is 0 Å². The molecule has 18 heavy (non-hydrogen) atoms. The Morgan fingerprint density at radius 3 is 2.17 bits per heavy atom. The summed E-state index contributed by atoms with van der Waals surface area (Å²) in [4.78, 5) is 0. The molecule has 2 unspecified atom stereocenters. The Morgan fingerprint density at radius 2 is 1.72 bits per heavy atom. The van der Waals surface area contributed by atoms with Crippen LogP contribution in [0.4, 0.5) is 0 Å². The van der Waals surface area contributed by atoms with Crippen molar-refractivity contribution in [3.8, 4) is 12.3 Å². The molecule has 1 nitrogen and oxygen atoms in total. The Hall–Kier alpha value is -1.26. The number of rotatable bonds is 6. The number of hydrogen-bond donors (Lipinski definition) is 1. The number of hydrogen-bond acceptors (Lipinski definition) is 1. The van der Waals surface area contributed by atoms with Crippen molar-refractivity contribution in [2.75, 3.05) is 0 Å². The lowest BCUT2D eigenvalue weighted by molar-refractivity contribution is 0.368. The molecule has 0 heterocycles. The van der Waals surface area contributed by atoms with Gasteiger partial charge in [-0.2, -0.15) is 0 Å². The van der Waals surface area contributed by atoms with Crippen LogP contribution < -0.4 is 5.32 Å². The molecule has 0 radical (unpaired) electrons. The molecular formula is C17H25N. The van der Waals surface area contributed by atoms with Crippen molar-refractivity contribution in [3.05, 3.63) is 35.9 Å². The molecule has 0 aliphatic carbocycles. The fraction of sp³-hybridized carbons (Fsp3) is 0.529. The molecular weight excluding hydrogens is 218 g/mol. The van der Waals surface area contributed by atoms with Gasteiger partial charge in [-0.1, -0.05) is 63.9 Å². The van der Waals surface area contributed by atoms with Gasteiger partial charge in [0.1, 0.15) is 0 Å². The van der Waals surface area contributed by atoms with Crippen LogP contribution in [0.5, 0.6) is 0 Å². The molecule has 1 aromatic rings. The number of benzene rings is 1. The molecule has 0 amide bonds. The zero-order chi connectivity index (χ0) is 13.5. The Kier molecular flexibility index (Phi) is 5.95. The smallest absolute Gasteiger partial charge is 0.0714 e. The van der Waals surface area contributed by atoms with Gasteiger partial charge in [0, 0.05) is 6.04 Å². The second-order valence-corrected chi connectivity index (χ2v) is 5.65. The van der Waals surface area contributed by atoms with E-state index in [1.54, 1.807) is 0 Å². The summed E-state index contributed by atoms with van der Waals surface area (Å²) in [5, 5.41) is 3.61. The molecule has 0 fully saturated rings. The second-order valence-electron chi connectivity index (χ2n) is 5.65. The first-order valence-electron chi connectivity index (χ1n) is 6.81. The zero-order valence-electron chi connectivity index (χ0n) is 12.0. The van der Waals surface area contributed by atoms with E-state index in [0.29, 0.717) is 17.9 Å². The van der Waals surface area contributed by atoms with E-state index in [0.717, 1.165) is 6.42 Å². The number of nitrogens with one attached hydrogen (secondary N) is 1. The highest BCUT2D eigenvalue weighted by molar-refractivity contribution is 5.20. The average Bonchev–Trinajstić information content (AvgIpc) is 2.34. The lowest BCUT2D eigenvalue weighted by Crippen LogP contribution is -2.36. The SMILES string of the molecule is C#CC(NC(CC(C)C)c1ccccc1)C(C)C. The van der Waals surface area contributed by atoms with Crippen LogP contribution in [0.1, 0.15) is 45.7 Å². The Labute approximate surface area is 112 Å². The predicted octanol–water partition coefficient (Wildman–Crippen LogP) is 4.02. The summed E-state index contributed by atoms with van der Waals surface area (Å²) in [6, 6.07) is 11.1. The van der Waals surface area contributed by atoms with Gasteiger partial charge in [-0.15, -0.1) is 6.42 Å². The van der Waals surface area contributed by atoms with Gasteiger partial charge in [0.25, 0.3) is 0 Å². The van der Waals surface area contributed by atoms with E-state index in [1.807, 2.05) is 0 Å². The summed E-state index contributed by atoms with van der Waals surface area (Å²) in [5.41, 5.74) is 1.33. The third-order valence-electron chi connectivity index (χ3n) is 3.14. The summed E-state index contributed by atoms with van der Waals surface area (Å²) < 4.78 is 0. The van der Waals surface area contributed by atoms with Crippen molar-refractivity contribution in [1.29, 1.82) is 0 Å². The summed E-state index contributed by atoms with van der Waals surface area (Å²) in [6.07, 6.45) is 6.72. The maximum Gasteiger partial charge on any atom is 0.0714 e. The van der Waals surface area contributed by atoms with Gasteiger partial charge in [0.05, 0.1) is 6.04 Å². The first-order chi connectivity index (χ1) is 8.54. The second kappa shape index (κ2) is 7.24. The van der Waals surface area contributed by atoms with Crippen LogP contribution in [0.15, 0.2) is 30.3 Å². The molecule has 1 rings (SSSR count). The highest BCUT2D eigenvalue weighted by Crippen LogP contribution is 2.22. The van der Waals surface area contributed by atoms with Crippen molar-refractivity contribution < 1.29 is 0 Å². The van der Waals surface area contributed by atoms with E-state index in [4.69, 9.17) is 6.42 Å². The molecule has 1 N–H and O–H groups in total. The molecule has 98 valence electrons. The van der Waals surface area contributed by atoms with Crippen LogP contribution in [0, 0.1) is 24.2 Å². The zero-order valence-corrected chi connectivity index (χ0v) is 12.0. The standard InChI is InChI=1S/C17H25N/c1-6-16(14(4)5)18-17(12-13(2)3)15-10-8-7-9-11-15/h1,7-11,13-14,16-18H,12H2,2-5H3. The molecule has 0 aliphatic rings. The monoisotopic (exact) mass is 243 g/mol. The first-order valence-corrected chi connectivity index (χ1v) is 6.81. The van der Waals surface area contributed by atoms with Crippen LogP contribution >= 0.6 is 0 Å².